The molecule has 0 saturated heterocycles. The number of nitrogens with zero attached hydrogens (tertiary/aromatic N) is 3. The zero-order valence-corrected chi connectivity index (χ0v) is 20.0. The van der Waals surface area contributed by atoms with E-state index >= 15 is 0 Å². The van der Waals surface area contributed by atoms with E-state index in [0.29, 0.717) is 0 Å². The van der Waals surface area contributed by atoms with Crippen molar-refractivity contribution in [2.24, 2.45) is 19.8 Å². The number of nitrogens with two attached hydrogens (primary N) is 1. The van der Waals surface area contributed by atoms with Gasteiger partial charge in [0, 0.05) is 31.1 Å². The van der Waals surface area contributed by atoms with Crippen molar-refractivity contribution in [1.82, 2.24) is 14.1 Å². The van der Waals surface area contributed by atoms with Crippen molar-refractivity contribution in [2.75, 3.05) is 0 Å². The molecule has 0 amide bonds. The lowest BCUT2D eigenvalue weighted by Crippen LogP contribution is -2.41. The van der Waals surface area contributed by atoms with Gasteiger partial charge in [-0.1, -0.05) is 53.9 Å². The predicted molar refractivity (Wildman–Crippen MR) is 141 cm³/mol. The monoisotopic (exact) mass is 458 g/mol. The average Bonchev–Trinajstić information content (AvgIpc) is 3.32. The van der Waals surface area contributed by atoms with Gasteiger partial charge in [-0.3, -0.25) is 4.79 Å². The fourth-order valence-electron chi connectivity index (χ4n) is 4.74. The zero-order chi connectivity index (χ0) is 24.7. The molecular weight excluding hydrogens is 432 g/mol. The zero-order valence-electron chi connectivity index (χ0n) is 20.0. The van der Waals surface area contributed by atoms with Crippen LogP contribution < -0.4 is 11.3 Å². The highest BCUT2D eigenvalue weighted by molar-refractivity contribution is 5.95. The fraction of sp³-hybridized carbons (Fsp3) is 0.133. The molecule has 5 nitrogen and oxygen atoms in total. The number of pyridine rings is 1. The molecule has 3 aromatic carbocycles. The molecular formula is C30H26N4O. The fourth-order valence-corrected chi connectivity index (χ4v) is 4.74. The van der Waals surface area contributed by atoms with Gasteiger partial charge in [-0.15, -0.1) is 6.42 Å². The number of aryl methyl sites for hydroxylation is 3. The highest BCUT2D eigenvalue weighted by Crippen LogP contribution is 2.37. The molecule has 2 heterocycles. The average molecular weight is 459 g/mol. The van der Waals surface area contributed by atoms with Crippen LogP contribution in [0.25, 0.3) is 22.0 Å². The molecule has 35 heavy (non-hydrogen) atoms. The first-order chi connectivity index (χ1) is 16.8. The molecule has 0 bridgehead atoms. The summed E-state index contributed by atoms with van der Waals surface area (Å²) in [5, 5.41) is 0.919. The minimum absolute atomic E-state index is 0.0875. The summed E-state index contributed by atoms with van der Waals surface area (Å²) in [6, 6.07) is 23.6. The Morgan fingerprint density at radius 2 is 1.71 bits per heavy atom. The smallest absolute Gasteiger partial charge is 0.251 e. The first kappa shape index (κ1) is 22.4. The summed E-state index contributed by atoms with van der Waals surface area (Å²) in [7, 11) is 3.72. The SMILES string of the molecule is C#Cc1cccc(-c2cc(=O)n(C)c3ccc(C(N)(c4ccc(C)cc4)c4cncn4C)cc23)c1. The standard InChI is InChI=1S/C30H26N4O/c1-5-21-7-6-8-22(15-21)25-17-29(35)34(4)27-14-13-24(16-26(25)27)30(31,28-18-32-19-33(28)3)23-11-9-20(2)10-12-23/h1,6-19H,31H2,2-4H3. The van der Waals surface area contributed by atoms with Crippen LogP contribution in [0.3, 0.4) is 0 Å². The van der Waals surface area contributed by atoms with Crippen LogP contribution in [0.4, 0.5) is 0 Å². The molecule has 2 N–H and O–H groups in total. The minimum atomic E-state index is -0.959. The maximum absolute atomic E-state index is 12.8. The van der Waals surface area contributed by atoms with Crippen LogP contribution in [0.5, 0.6) is 0 Å². The highest BCUT2D eigenvalue weighted by Gasteiger charge is 2.35. The molecule has 0 saturated carbocycles. The summed E-state index contributed by atoms with van der Waals surface area (Å²) in [4.78, 5) is 17.2. The minimum Gasteiger partial charge on any atom is -0.336 e. The van der Waals surface area contributed by atoms with Crippen molar-refractivity contribution < 1.29 is 0 Å². The molecule has 0 radical (unpaired) electrons. The predicted octanol–water partition coefficient (Wildman–Crippen LogP) is 4.48. The largest absolute Gasteiger partial charge is 0.336 e. The van der Waals surface area contributed by atoms with Gasteiger partial charge in [0.05, 0.1) is 23.7 Å². The Morgan fingerprint density at radius 3 is 2.40 bits per heavy atom. The summed E-state index contributed by atoms with van der Waals surface area (Å²) >= 11 is 0. The molecule has 172 valence electrons. The van der Waals surface area contributed by atoms with Gasteiger partial charge in [0.1, 0.15) is 5.54 Å². The van der Waals surface area contributed by atoms with Crippen LogP contribution in [0.1, 0.15) is 27.9 Å². The summed E-state index contributed by atoms with van der Waals surface area (Å²) in [6.45, 7) is 2.05. The topological polar surface area (TPSA) is 65.8 Å². The number of aromatic nitrogens is 3. The Balaban J connectivity index is 1.84. The maximum atomic E-state index is 12.8. The molecule has 1 unspecified atom stereocenters. The highest BCUT2D eigenvalue weighted by atomic mass is 16.1. The van der Waals surface area contributed by atoms with Gasteiger partial charge in [0.15, 0.2) is 0 Å². The van der Waals surface area contributed by atoms with E-state index in [2.05, 4.69) is 48.2 Å². The first-order valence-corrected chi connectivity index (χ1v) is 11.4. The second kappa shape index (κ2) is 8.43. The summed E-state index contributed by atoms with van der Waals surface area (Å²) in [6.07, 6.45) is 9.21. The number of fused-ring (bicyclic) bond motifs is 1. The number of hydrogen-bond donors (Lipinski definition) is 1. The van der Waals surface area contributed by atoms with Crippen LogP contribution in [0.2, 0.25) is 0 Å². The van der Waals surface area contributed by atoms with Crippen LogP contribution >= 0.6 is 0 Å². The van der Waals surface area contributed by atoms with E-state index in [1.165, 1.54) is 0 Å². The lowest BCUT2D eigenvalue weighted by atomic mass is 9.80. The van der Waals surface area contributed by atoms with Gasteiger partial charge in [0.25, 0.3) is 5.56 Å². The van der Waals surface area contributed by atoms with Crippen LogP contribution in [-0.2, 0) is 19.6 Å². The van der Waals surface area contributed by atoms with Crippen molar-refractivity contribution in [3.05, 3.63) is 124 Å². The van der Waals surface area contributed by atoms with Crippen molar-refractivity contribution in [3.8, 4) is 23.5 Å². The molecule has 1 atom stereocenters. The quantitative estimate of drug-likeness (QED) is 0.404. The molecule has 0 aliphatic carbocycles. The number of hydrogen-bond acceptors (Lipinski definition) is 3. The molecule has 5 rings (SSSR count). The summed E-state index contributed by atoms with van der Waals surface area (Å²) in [5.74, 6) is 2.68. The van der Waals surface area contributed by atoms with E-state index in [1.807, 2.05) is 54.2 Å². The normalized spacial score (nSPS) is 12.9. The Labute approximate surface area is 204 Å². The number of terminal acetylenes is 1. The van der Waals surface area contributed by atoms with Crippen molar-refractivity contribution >= 4 is 10.9 Å². The number of benzene rings is 3. The molecule has 0 fully saturated rings. The van der Waals surface area contributed by atoms with Crippen molar-refractivity contribution in [3.63, 3.8) is 0 Å². The van der Waals surface area contributed by atoms with Gasteiger partial charge in [0.2, 0.25) is 0 Å². The van der Waals surface area contributed by atoms with Crippen molar-refractivity contribution in [2.45, 2.75) is 12.5 Å². The summed E-state index contributed by atoms with van der Waals surface area (Å²) < 4.78 is 3.60. The summed E-state index contributed by atoms with van der Waals surface area (Å²) in [5.41, 5.74) is 13.4. The third-order valence-electron chi connectivity index (χ3n) is 6.77. The van der Waals surface area contributed by atoms with E-state index in [9.17, 15) is 4.79 Å². The van der Waals surface area contributed by atoms with Crippen LogP contribution in [0.15, 0.2) is 90.1 Å². The lowest BCUT2D eigenvalue weighted by molar-refractivity contribution is 0.596. The van der Waals surface area contributed by atoms with Gasteiger partial charge in [-0.2, -0.15) is 0 Å². The van der Waals surface area contributed by atoms with E-state index in [4.69, 9.17) is 12.2 Å². The Bertz CT molecular complexity index is 1670. The Kier molecular flexibility index (Phi) is 5.39. The first-order valence-electron chi connectivity index (χ1n) is 11.4. The van der Waals surface area contributed by atoms with Gasteiger partial charge < -0.3 is 14.9 Å². The maximum Gasteiger partial charge on any atom is 0.251 e. The van der Waals surface area contributed by atoms with Gasteiger partial charge in [-0.25, -0.2) is 4.98 Å². The second-order valence-electron chi connectivity index (χ2n) is 8.98. The van der Waals surface area contributed by atoms with Gasteiger partial charge >= 0.3 is 0 Å². The van der Waals surface area contributed by atoms with E-state index < -0.39 is 5.54 Å². The van der Waals surface area contributed by atoms with E-state index in [0.717, 1.165) is 50.0 Å². The van der Waals surface area contributed by atoms with Crippen LogP contribution in [0, 0.1) is 19.3 Å². The molecule has 2 aromatic heterocycles. The lowest BCUT2D eigenvalue weighted by Gasteiger charge is -2.32. The molecule has 0 aliphatic heterocycles. The second-order valence-corrected chi connectivity index (χ2v) is 8.98. The Hall–Kier alpha value is -4.40. The number of imidazole rings is 1. The van der Waals surface area contributed by atoms with Gasteiger partial charge in [-0.05, 0) is 53.4 Å². The van der Waals surface area contributed by atoms with Crippen LogP contribution in [-0.4, -0.2) is 14.1 Å². The molecule has 5 aromatic rings. The molecule has 5 heteroatoms. The third-order valence-corrected chi connectivity index (χ3v) is 6.77. The van der Waals surface area contributed by atoms with E-state index in [1.54, 1.807) is 24.0 Å². The molecule has 0 aliphatic rings. The Morgan fingerprint density at radius 1 is 0.971 bits per heavy atom. The van der Waals surface area contributed by atoms with E-state index in [-0.39, 0.29) is 5.56 Å². The number of rotatable bonds is 4. The molecule has 0 spiro atoms. The third kappa shape index (κ3) is 3.65. The van der Waals surface area contributed by atoms with Crippen molar-refractivity contribution in [1.29, 1.82) is 0 Å².